The minimum atomic E-state index is -4.68. The van der Waals surface area contributed by atoms with Crippen molar-refractivity contribution < 1.29 is 22.6 Å². The van der Waals surface area contributed by atoms with Crippen LogP contribution in [0.3, 0.4) is 0 Å². The lowest BCUT2D eigenvalue weighted by molar-refractivity contribution is -0.274. The largest absolute Gasteiger partial charge is 0.573 e. The molecule has 0 bridgehead atoms. The molecule has 0 heterocycles. The third kappa shape index (κ3) is 7.04. The van der Waals surface area contributed by atoms with Gasteiger partial charge in [-0.1, -0.05) is 20.4 Å². The fourth-order valence-corrected chi connectivity index (χ4v) is 1.32. The van der Waals surface area contributed by atoms with Crippen LogP contribution in [0, 0.1) is 0 Å². The standard InChI is InChI=1S/C14H18F3NO2/c1-10(2)18-8-11(3)9-19-12-4-6-13(7-5-12)20-14(15,16)17/h4-7,10,18H,3,8-9H2,1-2H3. The molecule has 0 saturated heterocycles. The van der Waals surface area contributed by atoms with Crippen LogP contribution in [0.2, 0.25) is 0 Å². The topological polar surface area (TPSA) is 30.5 Å². The summed E-state index contributed by atoms with van der Waals surface area (Å²) in [6, 6.07) is 5.61. The normalized spacial score (nSPS) is 11.5. The molecule has 3 nitrogen and oxygen atoms in total. The molecule has 112 valence electrons. The monoisotopic (exact) mass is 289 g/mol. The van der Waals surface area contributed by atoms with Crippen molar-refractivity contribution in [2.75, 3.05) is 13.2 Å². The van der Waals surface area contributed by atoms with Gasteiger partial charge in [0.1, 0.15) is 18.1 Å². The van der Waals surface area contributed by atoms with Gasteiger partial charge >= 0.3 is 6.36 Å². The van der Waals surface area contributed by atoms with Gasteiger partial charge in [0.05, 0.1) is 0 Å². The molecular formula is C14H18F3NO2. The van der Waals surface area contributed by atoms with Gasteiger partial charge in [-0.15, -0.1) is 13.2 Å². The Balaban J connectivity index is 2.40. The zero-order valence-corrected chi connectivity index (χ0v) is 11.5. The summed E-state index contributed by atoms with van der Waals surface area (Å²) in [7, 11) is 0. The first-order valence-electron chi connectivity index (χ1n) is 6.15. The highest BCUT2D eigenvalue weighted by Crippen LogP contribution is 2.24. The zero-order chi connectivity index (χ0) is 15.2. The zero-order valence-electron chi connectivity index (χ0n) is 11.5. The molecule has 0 radical (unpaired) electrons. The third-order valence-corrected chi connectivity index (χ3v) is 2.26. The Morgan fingerprint density at radius 1 is 1.20 bits per heavy atom. The number of rotatable bonds is 7. The molecule has 20 heavy (non-hydrogen) atoms. The molecular weight excluding hydrogens is 271 g/mol. The molecule has 1 aromatic carbocycles. The van der Waals surface area contributed by atoms with Crippen LogP contribution in [-0.2, 0) is 0 Å². The maximum absolute atomic E-state index is 12.0. The van der Waals surface area contributed by atoms with Gasteiger partial charge in [-0.05, 0) is 29.8 Å². The van der Waals surface area contributed by atoms with Crippen molar-refractivity contribution in [3.05, 3.63) is 36.4 Å². The van der Waals surface area contributed by atoms with E-state index in [-0.39, 0.29) is 5.75 Å². The van der Waals surface area contributed by atoms with Gasteiger partial charge < -0.3 is 14.8 Å². The Labute approximate surface area is 116 Å². The van der Waals surface area contributed by atoms with Crippen LogP contribution >= 0.6 is 0 Å². The summed E-state index contributed by atoms with van der Waals surface area (Å²) < 4.78 is 45.1. The van der Waals surface area contributed by atoms with E-state index in [0.717, 1.165) is 5.57 Å². The van der Waals surface area contributed by atoms with Crippen LogP contribution in [0.5, 0.6) is 11.5 Å². The van der Waals surface area contributed by atoms with Crippen molar-refractivity contribution in [2.24, 2.45) is 0 Å². The van der Waals surface area contributed by atoms with Crippen LogP contribution in [0.1, 0.15) is 13.8 Å². The van der Waals surface area contributed by atoms with Gasteiger partial charge in [-0.2, -0.15) is 0 Å². The summed E-state index contributed by atoms with van der Waals surface area (Å²) >= 11 is 0. The van der Waals surface area contributed by atoms with Crippen LogP contribution in [0.4, 0.5) is 13.2 Å². The first kappa shape index (κ1) is 16.4. The van der Waals surface area contributed by atoms with Crippen molar-refractivity contribution in [2.45, 2.75) is 26.3 Å². The highest BCUT2D eigenvalue weighted by atomic mass is 19.4. The molecule has 1 aromatic rings. The maximum Gasteiger partial charge on any atom is 0.573 e. The number of halogens is 3. The van der Waals surface area contributed by atoms with Crippen LogP contribution < -0.4 is 14.8 Å². The van der Waals surface area contributed by atoms with Gasteiger partial charge in [0.2, 0.25) is 0 Å². The second-order valence-electron chi connectivity index (χ2n) is 4.59. The second-order valence-corrected chi connectivity index (χ2v) is 4.59. The number of hydrogen-bond donors (Lipinski definition) is 1. The van der Waals surface area contributed by atoms with E-state index in [4.69, 9.17) is 4.74 Å². The van der Waals surface area contributed by atoms with Crippen LogP contribution in [-0.4, -0.2) is 25.6 Å². The number of benzene rings is 1. The molecule has 0 unspecified atom stereocenters. The number of nitrogens with one attached hydrogen (secondary N) is 1. The first-order chi connectivity index (χ1) is 9.26. The quantitative estimate of drug-likeness (QED) is 0.779. The lowest BCUT2D eigenvalue weighted by Gasteiger charge is -2.12. The van der Waals surface area contributed by atoms with Crippen molar-refractivity contribution in [1.82, 2.24) is 5.32 Å². The van der Waals surface area contributed by atoms with Crippen LogP contribution in [0.25, 0.3) is 0 Å². The van der Waals surface area contributed by atoms with E-state index in [9.17, 15) is 13.2 Å². The minimum Gasteiger partial charge on any atom is -0.489 e. The molecule has 0 fully saturated rings. The number of ether oxygens (including phenoxy) is 2. The fraction of sp³-hybridized carbons (Fsp3) is 0.429. The Kier molecular flexibility index (Phi) is 5.88. The second kappa shape index (κ2) is 7.19. The van der Waals surface area contributed by atoms with E-state index in [1.165, 1.54) is 24.3 Å². The van der Waals surface area contributed by atoms with E-state index >= 15 is 0 Å². The van der Waals surface area contributed by atoms with Gasteiger partial charge in [0.15, 0.2) is 0 Å². The Morgan fingerprint density at radius 3 is 2.25 bits per heavy atom. The molecule has 0 aromatic heterocycles. The Morgan fingerprint density at radius 2 is 1.75 bits per heavy atom. The summed E-state index contributed by atoms with van der Waals surface area (Å²) in [4.78, 5) is 0. The average Bonchev–Trinajstić information content (AvgIpc) is 2.33. The lowest BCUT2D eigenvalue weighted by Crippen LogP contribution is -2.26. The summed E-state index contributed by atoms with van der Waals surface area (Å²) in [5, 5.41) is 3.19. The fourth-order valence-electron chi connectivity index (χ4n) is 1.32. The predicted molar refractivity (Wildman–Crippen MR) is 70.9 cm³/mol. The van der Waals surface area contributed by atoms with Gasteiger partial charge in [-0.25, -0.2) is 0 Å². The van der Waals surface area contributed by atoms with E-state index in [1.54, 1.807) is 0 Å². The Bertz CT molecular complexity index is 427. The molecule has 0 saturated carbocycles. The predicted octanol–water partition coefficient (Wildman–Crippen LogP) is 3.52. The SMILES string of the molecule is C=C(CNC(C)C)COc1ccc(OC(F)(F)F)cc1. The van der Waals surface area contributed by atoms with Crippen molar-refractivity contribution >= 4 is 0 Å². The molecule has 0 spiro atoms. The molecule has 0 aliphatic carbocycles. The Hall–Kier alpha value is -1.69. The van der Waals surface area contributed by atoms with Crippen molar-refractivity contribution in [3.63, 3.8) is 0 Å². The highest BCUT2D eigenvalue weighted by Gasteiger charge is 2.30. The number of hydrogen-bond acceptors (Lipinski definition) is 3. The molecule has 0 amide bonds. The minimum absolute atomic E-state index is 0.273. The smallest absolute Gasteiger partial charge is 0.489 e. The molecule has 0 atom stereocenters. The van der Waals surface area contributed by atoms with Crippen molar-refractivity contribution in [1.29, 1.82) is 0 Å². The van der Waals surface area contributed by atoms with Gasteiger partial charge in [0, 0.05) is 12.6 Å². The summed E-state index contributed by atoms with van der Waals surface area (Å²) in [5.41, 5.74) is 0.856. The first-order valence-corrected chi connectivity index (χ1v) is 6.15. The molecule has 1 N–H and O–H groups in total. The lowest BCUT2D eigenvalue weighted by atomic mass is 10.3. The average molecular weight is 289 g/mol. The summed E-state index contributed by atoms with van der Waals surface area (Å²) in [6.07, 6.45) is -4.68. The van der Waals surface area contributed by atoms with E-state index in [0.29, 0.717) is 24.9 Å². The van der Waals surface area contributed by atoms with Gasteiger partial charge in [0.25, 0.3) is 0 Å². The third-order valence-electron chi connectivity index (χ3n) is 2.26. The molecule has 0 aliphatic rings. The molecule has 1 rings (SSSR count). The summed E-state index contributed by atoms with van der Waals surface area (Å²) in [5.74, 6) is 0.190. The maximum atomic E-state index is 12.0. The van der Waals surface area contributed by atoms with E-state index in [1.807, 2.05) is 13.8 Å². The molecule has 0 aliphatic heterocycles. The molecule has 6 heteroatoms. The van der Waals surface area contributed by atoms with E-state index < -0.39 is 6.36 Å². The summed E-state index contributed by atoms with van der Waals surface area (Å²) in [6.45, 7) is 8.83. The van der Waals surface area contributed by atoms with Crippen LogP contribution in [0.15, 0.2) is 36.4 Å². The van der Waals surface area contributed by atoms with Gasteiger partial charge in [-0.3, -0.25) is 0 Å². The number of alkyl halides is 3. The van der Waals surface area contributed by atoms with Crippen molar-refractivity contribution in [3.8, 4) is 11.5 Å². The van der Waals surface area contributed by atoms with E-state index in [2.05, 4.69) is 16.6 Å². The highest BCUT2D eigenvalue weighted by molar-refractivity contribution is 5.31.